The maximum absolute atomic E-state index is 12.6. The second-order valence-electron chi connectivity index (χ2n) is 4.57. The van der Waals surface area contributed by atoms with Gasteiger partial charge in [-0.25, -0.2) is 4.98 Å². The Morgan fingerprint density at radius 2 is 1.95 bits per heavy atom. The number of nitrogens with zero attached hydrogens (tertiary/aromatic N) is 2. The van der Waals surface area contributed by atoms with E-state index >= 15 is 0 Å². The zero-order valence-electron chi connectivity index (χ0n) is 11.1. The third-order valence-electron chi connectivity index (χ3n) is 3.20. The molecule has 0 saturated carbocycles. The average Bonchev–Trinajstić information content (AvgIpc) is 2.82. The molecule has 0 unspecified atom stereocenters. The smallest absolute Gasteiger partial charge is 0.196 e. The first-order valence-corrected chi connectivity index (χ1v) is 7.81. The summed E-state index contributed by atoms with van der Waals surface area (Å²) in [5, 5.41) is 9.60. The Hall–Kier alpha value is -2.43. The zero-order chi connectivity index (χ0) is 15.9. The minimum Gasteiger partial charge on any atom is -0.396 e. The molecule has 3 aromatic rings. The van der Waals surface area contributed by atoms with E-state index < -0.39 is 0 Å². The molecule has 0 aliphatic carbocycles. The highest BCUT2D eigenvalue weighted by atomic mass is 79.9. The number of rotatable bonds is 2. The number of nitrogens with two attached hydrogens (primary N) is 2. The van der Waals surface area contributed by atoms with Gasteiger partial charge in [0.05, 0.1) is 11.3 Å². The summed E-state index contributed by atoms with van der Waals surface area (Å²) in [6.45, 7) is 0. The zero-order valence-corrected chi connectivity index (χ0v) is 13.5. The number of ketones is 1. The third kappa shape index (κ3) is 2.32. The Labute approximate surface area is 138 Å². The number of fused-ring (bicyclic) bond motifs is 1. The monoisotopic (exact) mass is 372 g/mol. The highest BCUT2D eigenvalue weighted by Gasteiger charge is 2.18. The van der Waals surface area contributed by atoms with Crippen LogP contribution in [0.25, 0.3) is 10.2 Å². The molecule has 0 atom stereocenters. The molecule has 0 aliphatic rings. The number of nitriles is 1. The lowest BCUT2D eigenvalue weighted by Crippen LogP contribution is -2.07. The van der Waals surface area contributed by atoms with E-state index in [1.807, 2.05) is 6.07 Å². The predicted octanol–water partition coefficient (Wildman–Crippen LogP) is 3.33. The van der Waals surface area contributed by atoms with Crippen LogP contribution in [0.15, 0.2) is 34.8 Å². The van der Waals surface area contributed by atoms with Crippen molar-refractivity contribution in [2.24, 2.45) is 0 Å². The van der Waals surface area contributed by atoms with Crippen LogP contribution in [0.1, 0.15) is 20.8 Å². The highest BCUT2D eigenvalue weighted by molar-refractivity contribution is 9.10. The van der Waals surface area contributed by atoms with E-state index in [1.54, 1.807) is 30.3 Å². The summed E-state index contributed by atoms with van der Waals surface area (Å²) in [7, 11) is 0. The number of hydrogen-bond donors (Lipinski definition) is 2. The van der Waals surface area contributed by atoms with Gasteiger partial charge in [0.15, 0.2) is 5.78 Å². The number of halogens is 1. The van der Waals surface area contributed by atoms with Crippen molar-refractivity contribution in [2.45, 2.75) is 0 Å². The maximum Gasteiger partial charge on any atom is 0.196 e. The molecule has 0 spiro atoms. The number of carbonyl (C=O) groups is 1. The van der Waals surface area contributed by atoms with Gasteiger partial charge < -0.3 is 11.5 Å². The van der Waals surface area contributed by atoms with E-state index in [4.69, 9.17) is 16.7 Å². The van der Waals surface area contributed by atoms with Gasteiger partial charge in [-0.2, -0.15) is 5.26 Å². The molecular weight excluding hydrogens is 364 g/mol. The average molecular weight is 373 g/mol. The summed E-state index contributed by atoms with van der Waals surface area (Å²) in [6, 6.07) is 10.6. The van der Waals surface area contributed by atoms with Crippen molar-refractivity contribution >= 4 is 54.8 Å². The van der Waals surface area contributed by atoms with Crippen LogP contribution < -0.4 is 11.5 Å². The van der Waals surface area contributed by atoms with E-state index in [9.17, 15) is 4.79 Å². The van der Waals surface area contributed by atoms with Crippen molar-refractivity contribution in [1.82, 2.24) is 4.98 Å². The first-order chi connectivity index (χ1) is 10.5. The lowest BCUT2D eigenvalue weighted by Gasteiger charge is -2.05. The number of benzene rings is 1. The van der Waals surface area contributed by atoms with Crippen molar-refractivity contribution in [3.8, 4) is 6.07 Å². The van der Waals surface area contributed by atoms with E-state index in [2.05, 4.69) is 20.9 Å². The van der Waals surface area contributed by atoms with E-state index in [0.717, 1.165) is 15.8 Å². The molecule has 108 valence electrons. The Morgan fingerprint density at radius 1 is 1.27 bits per heavy atom. The van der Waals surface area contributed by atoms with Crippen LogP contribution in [0.4, 0.5) is 11.5 Å². The normalized spacial score (nSPS) is 10.5. The second kappa shape index (κ2) is 5.40. The lowest BCUT2D eigenvalue weighted by molar-refractivity contribution is 0.103. The van der Waals surface area contributed by atoms with Gasteiger partial charge in [0.25, 0.3) is 0 Å². The van der Waals surface area contributed by atoms with Gasteiger partial charge >= 0.3 is 0 Å². The molecule has 3 rings (SSSR count). The van der Waals surface area contributed by atoms with Gasteiger partial charge in [-0.1, -0.05) is 15.9 Å². The number of pyridine rings is 1. The standard InChI is InChI=1S/C15H9BrN4OS/c16-8-3-1-7(2-4-8)13(21)10-5-9-12(18)11(6-17)22-15(9)20-14(10)19/h1-5H,18H2,(H2,19,20). The summed E-state index contributed by atoms with van der Waals surface area (Å²) in [5.74, 6) is -0.102. The van der Waals surface area contributed by atoms with Crippen LogP contribution in [0.2, 0.25) is 0 Å². The number of anilines is 2. The van der Waals surface area contributed by atoms with Gasteiger partial charge in [0.2, 0.25) is 0 Å². The SMILES string of the molecule is N#Cc1sc2nc(N)c(C(=O)c3ccc(Br)cc3)cc2c1N. The largest absolute Gasteiger partial charge is 0.396 e. The van der Waals surface area contributed by atoms with Crippen molar-refractivity contribution in [3.63, 3.8) is 0 Å². The molecule has 2 heterocycles. The van der Waals surface area contributed by atoms with E-state index in [0.29, 0.717) is 26.3 Å². The molecule has 22 heavy (non-hydrogen) atoms. The summed E-state index contributed by atoms with van der Waals surface area (Å²) in [6.07, 6.45) is 0. The molecule has 5 nitrogen and oxygen atoms in total. The van der Waals surface area contributed by atoms with Crippen LogP contribution in [-0.2, 0) is 0 Å². The molecule has 2 aromatic heterocycles. The fourth-order valence-corrected chi connectivity index (χ4v) is 3.22. The number of nitrogen functional groups attached to an aromatic ring is 2. The second-order valence-corrected chi connectivity index (χ2v) is 6.48. The van der Waals surface area contributed by atoms with Crippen molar-refractivity contribution in [1.29, 1.82) is 5.26 Å². The molecule has 0 amide bonds. The van der Waals surface area contributed by atoms with Crippen molar-refractivity contribution in [3.05, 3.63) is 50.8 Å². The van der Waals surface area contributed by atoms with Crippen LogP contribution in [0.5, 0.6) is 0 Å². The van der Waals surface area contributed by atoms with Gasteiger partial charge in [-0.15, -0.1) is 11.3 Å². The minimum absolute atomic E-state index is 0.131. The summed E-state index contributed by atoms with van der Waals surface area (Å²) >= 11 is 4.49. The Balaban J connectivity index is 2.16. The number of hydrogen-bond acceptors (Lipinski definition) is 6. The van der Waals surface area contributed by atoms with Gasteiger partial charge in [-0.05, 0) is 30.3 Å². The fraction of sp³-hybridized carbons (Fsp3) is 0. The molecule has 1 aromatic carbocycles. The number of carbonyl (C=O) groups excluding carboxylic acids is 1. The predicted molar refractivity (Wildman–Crippen MR) is 90.7 cm³/mol. The summed E-state index contributed by atoms with van der Waals surface area (Å²) < 4.78 is 0.881. The van der Waals surface area contributed by atoms with Crippen LogP contribution >= 0.6 is 27.3 Å². The van der Waals surface area contributed by atoms with Crippen LogP contribution in [0, 0.1) is 11.3 Å². The lowest BCUT2D eigenvalue weighted by atomic mass is 10.0. The molecule has 0 fully saturated rings. The van der Waals surface area contributed by atoms with Crippen LogP contribution in [-0.4, -0.2) is 10.8 Å². The fourth-order valence-electron chi connectivity index (χ4n) is 2.08. The highest BCUT2D eigenvalue weighted by Crippen LogP contribution is 2.34. The number of aromatic nitrogens is 1. The van der Waals surface area contributed by atoms with Gasteiger partial charge in [0.1, 0.15) is 21.6 Å². The Kier molecular flexibility index (Phi) is 3.56. The van der Waals surface area contributed by atoms with Gasteiger partial charge in [0, 0.05) is 15.4 Å². The molecule has 0 saturated heterocycles. The molecule has 0 radical (unpaired) electrons. The third-order valence-corrected chi connectivity index (χ3v) is 4.75. The van der Waals surface area contributed by atoms with Crippen molar-refractivity contribution < 1.29 is 4.79 Å². The first kappa shape index (κ1) is 14.5. The first-order valence-electron chi connectivity index (χ1n) is 6.20. The Bertz CT molecular complexity index is 941. The van der Waals surface area contributed by atoms with Crippen molar-refractivity contribution in [2.75, 3.05) is 11.5 Å². The molecular formula is C15H9BrN4OS. The molecule has 0 aliphatic heterocycles. The van der Waals surface area contributed by atoms with E-state index in [-0.39, 0.29) is 17.2 Å². The van der Waals surface area contributed by atoms with Gasteiger partial charge in [-0.3, -0.25) is 4.79 Å². The molecule has 7 heteroatoms. The van der Waals surface area contributed by atoms with Crippen LogP contribution in [0.3, 0.4) is 0 Å². The number of thiophene rings is 1. The minimum atomic E-state index is -0.233. The summed E-state index contributed by atoms with van der Waals surface area (Å²) in [5.41, 5.74) is 12.9. The topological polar surface area (TPSA) is 106 Å². The van der Waals surface area contributed by atoms with E-state index in [1.165, 1.54) is 0 Å². The summed E-state index contributed by atoms with van der Waals surface area (Å²) in [4.78, 5) is 17.7. The Morgan fingerprint density at radius 3 is 2.59 bits per heavy atom. The molecule has 4 N–H and O–H groups in total. The molecule has 0 bridgehead atoms. The quantitative estimate of drug-likeness (QED) is 0.671. The maximum atomic E-state index is 12.6.